The molecule has 0 radical (unpaired) electrons. The summed E-state index contributed by atoms with van der Waals surface area (Å²) in [6.45, 7) is 0.0572. The number of carbonyl (C=O) groups is 2. The van der Waals surface area contributed by atoms with Crippen LogP contribution in [-0.2, 0) is 18.9 Å². The fourth-order valence-electron chi connectivity index (χ4n) is 3.71. The molecule has 5 nitrogen and oxygen atoms in total. The van der Waals surface area contributed by atoms with Gasteiger partial charge in [0.05, 0.1) is 11.1 Å². The SMILES string of the molecule is O=C(Nc1ccc(F)c(C(F)(F)F)c1)Nc1ccc(-c2cccc3c2CNC3=O)c(C(F)(F)F)c1. The number of fused-ring (bicyclic) bond motifs is 1. The summed E-state index contributed by atoms with van der Waals surface area (Å²) in [6, 6.07) is 7.97. The van der Waals surface area contributed by atoms with Crippen LogP contribution in [0.3, 0.4) is 0 Å². The van der Waals surface area contributed by atoms with Crippen molar-refractivity contribution in [2.75, 3.05) is 10.6 Å². The summed E-state index contributed by atoms with van der Waals surface area (Å²) in [5, 5.41) is 6.70. The molecular formula is C23H14F7N3O2. The van der Waals surface area contributed by atoms with E-state index < -0.39 is 46.9 Å². The van der Waals surface area contributed by atoms with Gasteiger partial charge >= 0.3 is 18.4 Å². The van der Waals surface area contributed by atoms with Crippen LogP contribution in [0.25, 0.3) is 11.1 Å². The summed E-state index contributed by atoms with van der Waals surface area (Å²) in [5.74, 6) is -1.95. The Hall–Kier alpha value is -4.09. The van der Waals surface area contributed by atoms with E-state index >= 15 is 0 Å². The summed E-state index contributed by atoms with van der Waals surface area (Å²) in [5.41, 5.74) is -2.78. The molecule has 0 aliphatic carbocycles. The molecule has 35 heavy (non-hydrogen) atoms. The number of halogens is 7. The normalized spacial score (nSPS) is 13.3. The second-order valence-electron chi connectivity index (χ2n) is 7.54. The fourth-order valence-corrected chi connectivity index (χ4v) is 3.71. The monoisotopic (exact) mass is 497 g/mol. The van der Waals surface area contributed by atoms with Crippen molar-refractivity contribution in [3.63, 3.8) is 0 Å². The Labute approximate surface area is 192 Å². The van der Waals surface area contributed by atoms with E-state index in [-0.39, 0.29) is 28.9 Å². The molecule has 182 valence electrons. The smallest absolute Gasteiger partial charge is 0.348 e. The molecule has 3 aromatic rings. The minimum absolute atomic E-state index is 0.0572. The van der Waals surface area contributed by atoms with Crippen molar-refractivity contribution in [2.45, 2.75) is 18.9 Å². The molecule has 12 heteroatoms. The van der Waals surface area contributed by atoms with Gasteiger partial charge in [-0.2, -0.15) is 26.3 Å². The zero-order chi connectivity index (χ0) is 25.5. The summed E-state index contributed by atoms with van der Waals surface area (Å²) < 4.78 is 93.6. The molecule has 0 saturated heterocycles. The average molecular weight is 497 g/mol. The van der Waals surface area contributed by atoms with E-state index in [1.165, 1.54) is 24.3 Å². The van der Waals surface area contributed by atoms with Crippen molar-refractivity contribution in [3.8, 4) is 11.1 Å². The third-order valence-corrected chi connectivity index (χ3v) is 5.25. The molecular weight excluding hydrogens is 483 g/mol. The molecule has 1 aliphatic rings. The molecule has 3 N–H and O–H groups in total. The lowest BCUT2D eigenvalue weighted by Gasteiger charge is -2.17. The van der Waals surface area contributed by atoms with Gasteiger partial charge in [-0.3, -0.25) is 4.79 Å². The molecule has 0 spiro atoms. The second-order valence-corrected chi connectivity index (χ2v) is 7.54. The number of nitrogens with one attached hydrogen (secondary N) is 3. The van der Waals surface area contributed by atoms with Gasteiger partial charge in [-0.25, -0.2) is 9.18 Å². The minimum atomic E-state index is -5.01. The lowest BCUT2D eigenvalue weighted by atomic mass is 9.93. The third-order valence-electron chi connectivity index (χ3n) is 5.25. The molecule has 3 aromatic carbocycles. The van der Waals surface area contributed by atoms with Gasteiger partial charge in [0.1, 0.15) is 5.82 Å². The van der Waals surface area contributed by atoms with Crippen LogP contribution in [0.15, 0.2) is 54.6 Å². The Bertz CT molecular complexity index is 1330. The Morgan fingerprint density at radius 3 is 1.97 bits per heavy atom. The first-order valence-corrected chi connectivity index (χ1v) is 9.91. The largest absolute Gasteiger partial charge is 0.419 e. The molecule has 3 amide bonds. The quantitative estimate of drug-likeness (QED) is 0.366. The predicted octanol–water partition coefficient (Wildman–Crippen LogP) is 6.42. The van der Waals surface area contributed by atoms with Crippen LogP contribution in [0.5, 0.6) is 0 Å². The van der Waals surface area contributed by atoms with E-state index in [0.717, 1.165) is 12.1 Å². The maximum absolute atomic E-state index is 13.9. The van der Waals surface area contributed by atoms with E-state index in [2.05, 4.69) is 10.6 Å². The van der Waals surface area contributed by atoms with Crippen molar-refractivity contribution < 1.29 is 40.3 Å². The van der Waals surface area contributed by atoms with Crippen molar-refractivity contribution in [3.05, 3.63) is 82.7 Å². The minimum Gasteiger partial charge on any atom is -0.348 e. The molecule has 0 unspecified atom stereocenters. The highest BCUT2D eigenvalue weighted by atomic mass is 19.4. The molecule has 1 aliphatic heterocycles. The number of urea groups is 1. The highest BCUT2D eigenvalue weighted by molar-refractivity contribution is 6.01. The number of rotatable bonds is 3. The predicted molar refractivity (Wildman–Crippen MR) is 112 cm³/mol. The molecule has 0 bridgehead atoms. The van der Waals surface area contributed by atoms with Crippen molar-refractivity contribution in [1.29, 1.82) is 0 Å². The summed E-state index contributed by atoms with van der Waals surface area (Å²) in [6.07, 6.45) is -9.84. The van der Waals surface area contributed by atoms with E-state index in [1.54, 1.807) is 0 Å². The van der Waals surface area contributed by atoms with Gasteiger partial charge in [-0.05, 0) is 53.1 Å². The van der Waals surface area contributed by atoms with Crippen LogP contribution < -0.4 is 16.0 Å². The van der Waals surface area contributed by atoms with Gasteiger partial charge in [-0.1, -0.05) is 18.2 Å². The maximum atomic E-state index is 13.9. The number of hydrogen-bond donors (Lipinski definition) is 3. The molecule has 1 heterocycles. The number of benzene rings is 3. The van der Waals surface area contributed by atoms with Gasteiger partial charge in [0.2, 0.25) is 0 Å². The van der Waals surface area contributed by atoms with E-state index in [0.29, 0.717) is 23.8 Å². The molecule has 0 fully saturated rings. The van der Waals surface area contributed by atoms with E-state index in [9.17, 15) is 40.3 Å². The standard InChI is InChI=1S/C23H14F7N3O2/c24-19-7-5-12(9-18(19)23(28,29)30)33-21(35)32-11-4-6-14(17(8-11)22(25,26)27)13-2-1-3-15-16(13)10-31-20(15)34/h1-9H,10H2,(H,31,34)(H2,32,33,35). The summed E-state index contributed by atoms with van der Waals surface area (Å²) in [4.78, 5) is 24.1. The molecule has 0 saturated carbocycles. The Kier molecular flexibility index (Phi) is 5.91. The van der Waals surface area contributed by atoms with Crippen LogP contribution in [0.1, 0.15) is 27.0 Å². The second kappa shape index (κ2) is 8.60. The van der Waals surface area contributed by atoms with Gasteiger partial charge in [0.15, 0.2) is 0 Å². The molecule has 0 atom stereocenters. The topological polar surface area (TPSA) is 70.2 Å². The first kappa shape index (κ1) is 24.0. The lowest BCUT2D eigenvalue weighted by molar-refractivity contribution is -0.140. The Balaban J connectivity index is 1.62. The van der Waals surface area contributed by atoms with Crippen molar-refractivity contribution in [1.82, 2.24) is 5.32 Å². The zero-order valence-corrected chi connectivity index (χ0v) is 17.4. The number of carbonyl (C=O) groups excluding carboxylic acids is 2. The van der Waals surface area contributed by atoms with Crippen LogP contribution >= 0.6 is 0 Å². The number of amides is 3. The highest BCUT2D eigenvalue weighted by Crippen LogP contribution is 2.41. The van der Waals surface area contributed by atoms with Gasteiger partial charge in [0, 0.05) is 23.5 Å². The fraction of sp³-hybridized carbons (Fsp3) is 0.130. The molecule has 4 rings (SSSR count). The van der Waals surface area contributed by atoms with Crippen LogP contribution in [0, 0.1) is 5.82 Å². The van der Waals surface area contributed by atoms with Crippen LogP contribution in [-0.4, -0.2) is 11.9 Å². The van der Waals surface area contributed by atoms with Gasteiger partial charge in [-0.15, -0.1) is 0 Å². The third kappa shape index (κ3) is 4.91. The average Bonchev–Trinajstić information content (AvgIpc) is 3.15. The van der Waals surface area contributed by atoms with Crippen molar-refractivity contribution >= 4 is 23.3 Å². The number of anilines is 2. The van der Waals surface area contributed by atoms with Crippen LogP contribution in [0.4, 0.5) is 46.9 Å². The van der Waals surface area contributed by atoms with E-state index in [1.807, 2.05) is 5.32 Å². The number of hydrogen-bond acceptors (Lipinski definition) is 2. The van der Waals surface area contributed by atoms with Crippen molar-refractivity contribution in [2.24, 2.45) is 0 Å². The first-order chi connectivity index (χ1) is 16.3. The Morgan fingerprint density at radius 1 is 0.771 bits per heavy atom. The maximum Gasteiger partial charge on any atom is 0.419 e. The highest BCUT2D eigenvalue weighted by Gasteiger charge is 2.36. The van der Waals surface area contributed by atoms with Gasteiger partial charge in [0.25, 0.3) is 5.91 Å². The first-order valence-electron chi connectivity index (χ1n) is 9.91. The molecule has 0 aromatic heterocycles. The number of alkyl halides is 6. The van der Waals surface area contributed by atoms with Gasteiger partial charge < -0.3 is 16.0 Å². The zero-order valence-electron chi connectivity index (χ0n) is 17.4. The summed E-state index contributed by atoms with van der Waals surface area (Å²) in [7, 11) is 0. The lowest BCUT2D eigenvalue weighted by Crippen LogP contribution is -2.20. The summed E-state index contributed by atoms with van der Waals surface area (Å²) >= 11 is 0. The van der Waals surface area contributed by atoms with Crippen LogP contribution in [0.2, 0.25) is 0 Å². The Morgan fingerprint density at radius 2 is 1.34 bits per heavy atom. The van der Waals surface area contributed by atoms with E-state index in [4.69, 9.17) is 0 Å².